The Morgan fingerprint density at radius 2 is 1.73 bits per heavy atom. The van der Waals surface area contributed by atoms with Gasteiger partial charge in [0.2, 0.25) is 0 Å². The molecule has 0 radical (unpaired) electrons. The molecule has 4 nitrogen and oxygen atoms in total. The first-order valence-electron chi connectivity index (χ1n) is 9.61. The van der Waals surface area contributed by atoms with E-state index in [0.29, 0.717) is 12.5 Å². The summed E-state index contributed by atoms with van der Waals surface area (Å²) in [5.74, 6) is 0.647. The van der Waals surface area contributed by atoms with E-state index in [1.165, 1.54) is 51.7 Å². The second-order valence-electron chi connectivity index (χ2n) is 7.69. The van der Waals surface area contributed by atoms with Gasteiger partial charge in [0.1, 0.15) is 0 Å². The molecule has 0 bridgehead atoms. The molecular weight excluding hydrogens is 322 g/mol. The maximum Gasteiger partial charge on any atom is 0.0748 e. The molecule has 0 aliphatic carbocycles. The molecule has 26 heavy (non-hydrogen) atoms. The third-order valence-corrected chi connectivity index (χ3v) is 5.85. The van der Waals surface area contributed by atoms with Gasteiger partial charge in [-0.2, -0.15) is 0 Å². The monoisotopic (exact) mass is 347 g/mol. The number of hydrogen-bond acceptors (Lipinski definition) is 3. The summed E-state index contributed by atoms with van der Waals surface area (Å²) in [7, 11) is 0. The number of nitrogens with one attached hydrogen (secondary N) is 2. The minimum atomic E-state index is 0.647. The van der Waals surface area contributed by atoms with Crippen LogP contribution in [0.2, 0.25) is 0 Å². The number of pyridine rings is 1. The molecule has 2 aromatic heterocycles. The van der Waals surface area contributed by atoms with Crippen LogP contribution in [0.15, 0.2) is 24.3 Å². The number of aromatic amines is 1. The molecular formula is C22H25N3O. The van der Waals surface area contributed by atoms with Crippen LogP contribution in [-0.4, -0.2) is 23.1 Å². The van der Waals surface area contributed by atoms with Crippen molar-refractivity contribution in [2.24, 2.45) is 0 Å². The average Bonchev–Trinajstić information content (AvgIpc) is 3.03. The highest BCUT2D eigenvalue weighted by Gasteiger charge is 2.26. The summed E-state index contributed by atoms with van der Waals surface area (Å²) in [6.07, 6.45) is 2.43. The number of aromatic nitrogens is 2. The molecule has 1 fully saturated rings. The molecule has 0 unspecified atom stereocenters. The van der Waals surface area contributed by atoms with Crippen molar-refractivity contribution in [2.75, 3.05) is 13.1 Å². The van der Waals surface area contributed by atoms with Crippen LogP contribution in [-0.2, 0) is 18.0 Å². The van der Waals surface area contributed by atoms with Crippen LogP contribution in [0, 0.1) is 13.8 Å². The van der Waals surface area contributed by atoms with Gasteiger partial charge in [-0.3, -0.25) is 4.98 Å². The van der Waals surface area contributed by atoms with Gasteiger partial charge in [0.05, 0.1) is 18.9 Å². The Labute approximate surface area is 154 Å². The first-order chi connectivity index (χ1) is 12.7. The predicted octanol–water partition coefficient (Wildman–Crippen LogP) is 4.34. The van der Waals surface area contributed by atoms with Gasteiger partial charge in [0.15, 0.2) is 0 Å². The SMILES string of the molecule is Cc1cc(-c2[nH]c3ccc(C4CCNCC4)c4c3c2COC4)cc(C)n1. The highest BCUT2D eigenvalue weighted by molar-refractivity contribution is 5.94. The smallest absolute Gasteiger partial charge is 0.0748 e. The number of nitrogens with zero attached hydrogens (tertiary/aromatic N) is 1. The lowest BCUT2D eigenvalue weighted by molar-refractivity contribution is 0.102. The van der Waals surface area contributed by atoms with Crippen LogP contribution in [0.1, 0.15) is 46.8 Å². The van der Waals surface area contributed by atoms with Gasteiger partial charge in [-0.05, 0) is 75.0 Å². The minimum Gasteiger partial charge on any atom is -0.372 e. The highest BCUT2D eigenvalue weighted by atomic mass is 16.5. The van der Waals surface area contributed by atoms with E-state index in [-0.39, 0.29) is 0 Å². The van der Waals surface area contributed by atoms with Crippen LogP contribution in [0.5, 0.6) is 0 Å². The first kappa shape index (κ1) is 16.0. The molecule has 0 saturated carbocycles. The van der Waals surface area contributed by atoms with E-state index in [2.05, 4.69) is 53.4 Å². The Morgan fingerprint density at radius 1 is 1.00 bits per heavy atom. The molecule has 0 spiro atoms. The number of hydrogen-bond donors (Lipinski definition) is 2. The minimum absolute atomic E-state index is 0.647. The molecule has 4 heteroatoms. The Kier molecular flexibility index (Phi) is 3.84. The molecule has 1 saturated heterocycles. The lowest BCUT2D eigenvalue weighted by Gasteiger charge is -2.27. The third kappa shape index (κ3) is 2.56. The lowest BCUT2D eigenvalue weighted by Crippen LogP contribution is -2.27. The number of piperidine rings is 1. The summed E-state index contributed by atoms with van der Waals surface area (Å²) in [5.41, 5.74) is 9.95. The summed E-state index contributed by atoms with van der Waals surface area (Å²) in [6.45, 7) is 7.75. The summed E-state index contributed by atoms with van der Waals surface area (Å²) >= 11 is 0. The zero-order chi connectivity index (χ0) is 17.7. The summed E-state index contributed by atoms with van der Waals surface area (Å²) in [4.78, 5) is 8.20. The summed E-state index contributed by atoms with van der Waals surface area (Å²) < 4.78 is 6.05. The van der Waals surface area contributed by atoms with Gasteiger partial charge in [0, 0.05) is 33.4 Å². The van der Waals surface area contributed by atoms with Gasteiger partial charge < -0.3 is 15.0 Å². The zero-order valence-electron chi connectivity index (χ0n) is 15.5. The van der Waals surface area contributed by atoms with Crippen molar-refractivity contribution in [1.29, 1.82) is 0 Å². The van der Waals surface area contributed by atoms with Crippen molar-refractivity contribution in [3.8, 4) is 11.3 Å². The number of rotatable bonds is 2. The molecule has 0 atom stereocenters. The fourth-order valence-corrected chi connectivity index (χ4v) is 4.74. The average molecular weight is 347 g/mol. The van der Waals surface area contributed by atoms with Crippen molar-refractivity contribution >= 4 is 10.9 Å². The van der Waals surface area contributed by atoms with Crippen molar-refractivity contribution < 1.29 is 4.74 Å². The van der Waals surface area contributed by atoms with E-state index in [0.717, 1.165) is 31.1 Å². The summed E-state index contributed by atoms with van der Waals surface area (Å²) in [5, 5.41) is 4.87. The van der Waals surface area contributed by atoms with Crippen LogP contribution >= 0.6 is 0 Å². The number of aryl methyl sites for hydroxylation is 2. The number of benzene rings is 1. The van der Waals surface area contributed by atoms with E-state index in [1.807, 2.05) is 0 Å². The molecule has 134 valence electrons. The van der Waals surface area contributed by atoms with Crippen molar-refractivity contribution in [1.82, 2.24) is 15.3 Å². The van der Waals surface area contributed by atoms with Crippen LogP contribution < -0.4 is 5.32 Å². The second kappa shape index (κ2) is 6.22. The maximum atomic E-state index is 6.05. The molecule has 1 aromatic carbocycles. The van der Waals surface area contributed by atoms with E-state index < -0.39 is 0 Å². The second-order valence-corrected chi connectivity index (χ2v) is 7.69. The number of H-pyrrole nitrogens is 1. The Balaban J connectivity index is 1.70. The molecule has 2 N–H and O–H groups in total. The van der Waals surface area contributed by atoms with Crippen LogP contribution in [0.3, 0.4) is 0 Å². The lowest BCUT2D eigenvalue weighted by atomic mass is 9.85. The maximum absolute atomic E-state index is 6.05. The van der Waals surface area contributed by atoms with Gasteiger partial charge in [-0.15, -0.1) is 0 Å². The van der Waals surface area contributed by atoms with E-state index >= 15 is 0 Å². The van der Waals surface area contributed by atoms with Crippen molar-refractivity contribution in [2.45, 2.75) is 45.8 Å². The predicted molar refractivity (Wildman–Crippen MR) is 104 cm³/mol. The fourth-order valence-electron chi connectivity index (χ4n) is 4.74. The van der Waals surface area contributed by atoms with E-state index in [1.54, 1.807) is 0 Å². The molecule has 2 aliphatic heterocycles. The Morgan fingerprint density at radius 3 is 2.50 bits per heavy atom. The summed E-state index contributed by atoms with van der Waals surface area (Å²) in [6, 6.07) is 8.93. The van der Waals surface area contributed by atoms with Crippen LogP contribution in [0.4, 0.5) is 0 Å². The van der Waals surface area contributed by atoms with Crippen molar-refractivity contribution in [3.05, 3.63) is 52.3 Å². The van der Waals surface area contributed by atoms with Gasteiger partial charge >= 0.3 is 0 Å². The van der Waals surface area contributed by atoms with Crippen LogP contribution in [0.25, 0.3) is 22.2 Å². The zero-order valence-corrected chi connectivity index (χ0v) is 15.5. The fraction of sp³-hybridized carbons (Fsp3) is 0.409. The third-order valence-electron chi connectivity index (χ3n) is 5.85. The highest BCUT2D eigenvalue weighted by Crippen LogP contribution is 2.40. The van der Waals surface area contributed by atoms with Gasteiger partial charge in [-0.25, -0.2) is 0 Å². The molecule has 2 aliphatic rings. The van der Waals surface area contributed by atoms with Crippen molar-refractivity contribution in [3.63, 3.8) is 0 Å². The Bertz CT molecular complexity index is 962. The molecule has 3 aromatic rings. The van der Waals surface area contributed by atoms with E-state index in [9.17, 15) is 0 Å². The molecule has 5 rings (SSSR count). The van der Waals surface area contributed by atoms with E-state index in [4.69, 9.17) is 4.74 Å². The van der Waals surface area contributed by atoms with Gasteiger partial charge in [0.25, 0.3) is 0 Å². The standard InChI is InChI=1S/C22H25N3O/c1-13-9-16(10-14(2)24-13)22-19-12-26-11-18-17(15-5-7-23-8-6-15)3-4-20(25-22)21(18)19/h3-4,9-10,15,23,25H,5-8,11-12H2,1-2H3. The normalized spacial score (nSPS) is 17.8. The molecule has 4 heterocycles. The Hall–Kier alpha value is -2.17. The first-order valence-corrected chi connectivity index (χ1v) is 9.61. The largest absolute Gasteiger partial charge is 0.372 e. The topological polar surface area (TPSA) is 49.9 Å². The number of ether oxygens (including phenoxy) is 1. The molecule has 0 amide bonds. The van der Waals surface area contributed by atoms with Gasteiger partial charge in [-0.1, -0.05) is 6.07 Å². The quantitative estimate of drug-likeness (QED) is 0.725.